The minimum Gasteiger partial charge on any atom is -0.744 e. The molecule has 0 unspecified atom stereocenters. The van der Waals surface area contributed by atoms with Crippen molar-refractivity contribution in [2.45, 2.75) is 11.8 Å². The molecule has 146 valence electrons. The third-order valence-corrected chi connectivity index (χ3v) is 7.88. The molecule has 3 aromatic rings. The lowest BCUT2D eigenvalue weighted by Gasteiger charge is -2.26. The van der Waals surface area contributed by atoms with E-state index in [1.165, 1.54) is 6.07 Å². The molecule has 0 amide bonds. The predicted molar refractivity (Wildman–Crippen MR) is 111 cm³/mol. The summed E-state index contributed by atoms with van der Waals surface area (Å²) in [5, 5.41) is 2.07. The second-order valence-corrected chi connectivity index (χ2v) is 9.57. The molecule has 0 aliphatic carbocycles. The average molecular weight is 415 g/mol. The Morgan fingerprint density at radius 1 is 0.786 bits per heavy atom. The number of hydrogen-bond donors (Lipinski definition) is 0. The van der Waals surface area contributed by atoms with Gasteiger partial charge < -0.3 is 14.0 Å². The zero-order chi connectivity index (χ0) is 20.3. The zero-order valence-corrected chi connectivity index (χ0v) is 17.5. The largest absolute Gasteiger partial charge is 0.744 e. The van der Waals surface area contributed by atoms with Crippen molar-refractivity contribution in [3.63, 3.8) is 0 Å². The van der Waals surface area contributed by atoms with Crippen LogP contribution in [0.2, 0.25) is 0 Å². The minimum atomic E-state index is -4.67. The van der Waals surface area contributed by atoms with Crippen molar-refractivity contribution in [1.29, 1.82) is 0 Å². The maximum absolute atomic E-state index is 12.0. The highest BCUT2D eigenvalue weighted by Gasteiger charge is 2.27. The monoisotopic (exact) mass is 415 g/mol. The van der Waals surface area contributed by atoms with Gasteiger partial charge in [0.05, 0.1) is 19.1 Å². The van der Waals surface area contributed by atoms with Crippen molar-refractivity contribution in [3.05, 3.63) is 72.3 Å². The first kappa shape index (κ1) is 20.3. The highest BCUT2D eigenvalue weighted by molar-refractivity contribution is 7.88. The van der Waals surface area contributed by atoms with Gasteiger partial charge in [0.15, 0.2) is 0 Å². The van der Waals surface area contributed by atoms with E-state index in [9.17, 15) is 13.0 Å². The fraction of sp³-hybridized carbons (Fsp3) is 0.143. The van der Waals surface area contributed by atoms with Crippen molar-refractivity contribution in [2.75, 3.05) is 14.2 Å². The quantitative estimate of drug-likeness (QED) is 0.457. The first-order chi connectivity index (χ1) is 13.4. The van der Waals surface area contributed by atoms with Gasteiger partial charge in [-0.25, -0.2) is 8.42 Å². The highest BCUT2D eigenvalue weighted by atomic mass is 32.2. The van der Waals surface area contributed by atoms with E-state index in [1.807, 2.05) is 55.5 Å². The molecule has 0 saturated carbocycles. The summed E-state index contributed by atoms with van der Waals surface area (Å²) in [5.74, 6) is 1.24. The van der Waals surface area contributed by atoms with Gasteiger partial charge in [-0.3, -0.25) is 0 Å². The van der Waals surface area contributed by atoms with Crippen molar-refractivity contribution >= 4 is 34.0 Å². The van der Waals surface area contributed by atoms with Gasteiger partial charge in [-0.05, 0) is 39.1 Å². The number of para-hydroxylation sites is 2. The SMILES string of the molecule is COc1ccccc1P(c1ccccc1OC)c1cc(C)ccc1S(=O)(=O)[O-]. The summed E-state index contributed by atoms with van der Waals surface area (Å²) < 4.78 is 47.2. The molecule has 5 nitrogen and oxygen atoms in total. The number of benzene rings is 3. The summed E-state index contributed by atoms with van der Waals surface area (Å²) in [6.45, 7) is 1.86. The zero-order valence-electron chi connectivity index (χ0n) is 15.7. The standard InChI is InChI=1S/C21H21O5PS/c1-15-12-13-21(28(22,23)24)20(14-15)27(18-10-6-4-8-16(18)25-2)19-11-7-5-9-17(19)26-3/h4-14H,1-3H3,(H,22,23,24)/p-1. The Labute approximate surface area is 166 Å². The van der Waals surface area contributed by atoms with Crippen LogP contribution in [0.3, 0.4) is 0 Å². The third kappa shape index (κ3) is 4.04. The van der Waals surface area contributed by atoms with Crippen LogP contribution in [0.15, 0.2) is 71.6 Å². The number of methoxy groups -OCH3 is 2. The van der Waals surface area contributed by atoms with E-state index < -0.39 is 18.0 Å². The Kier molecular flexibility index (Phi) is 6.04. The van der Waals surface area contributed by atoms with E-state index in [4.69, 9.17) is 9.47 Å². The molecule has 3 aromatic carbocycles. The van der Waals surface area contributed by atoms with Crippen LogP contribution in [0.5, 0.6) is 11.5 Å². The third-order valence-electron chi connectivity index (χ3n) is 4.28. The van der Waals surface area contributed by atoms with Crippen LogP contribution >= 0.6 is 7.92 Å². The van der Waals surface area contributed by atoms with Crippen LogP contribution in [0.1, 0.15) is 5.56 Å². The van der Waals surface area contributed by atoms with Crippen LogP contribution in [-0.2, 0) is 10.1 Å². The van der Waals surface area contributed by atoms with E-state index in [-0.39, 0.29) is 4.90 Å². The lowest BCUT2D eigenvalue weighted by atomic mass is 10.2. The molecule has 0 radical (unpaired) electrons. The summed E-state index contributed by atoms with van der Waals surface area (Å²) >= 11 is 0. The maximum Gasteiger partial charge on any atom is 0.127 e. The normalized spacial score (nSPS) is 11.5. The fourth-order valence-electron chi connectivity index (χ4n) is 3.03. The van der Waals surface area contributed by atoms with Crippen molar-refractivity contribution in [2.24, 2.45) is 0 Å². The molecule has 0 fully saturated rings. The summed E-state index contributed by atoms with van der Waals surface area (Å²) in [6, 6.07) is 19.6. The van der Waals surface area contributed by atoms with Crippen molar-refractivity contribution in [3.8, 4) is 11.5 Å². The molecule has 7 heteroatoms. The highest BCUT2D eigenvalue weighted by Crippen LogP contribution is 2.41. The van der Waals surface area contributed by atoms with Crippen LogP contribution in [0, 0.1) is 6.92 Å². The molecule has 0 aliphatic heterocycles. The number of aryl methyl sites for hydroxylation is 1. The average Bonchev–Trinajstić information content (AvgIpc) is 2.68. The van der Waals surface area contributed by atoms with E-state index in [0.717, 1.165) is 16.2 Å². The van der Waals surface area contributed by atoms with Gasteiger partial charge in [0.1, 0.15) is 21.6 Å². The van der Waals surface area contributed by atoms with Crippen LogP contribution in [0.4, 0.5) is 0 Å². The summed E-state index contributed by atoms with van der Waals surface area (Å²) in [7, 11) is -2.96. The molecular weight excluding hydrogens is 395 g/mol. The Hall–Kier alpha value is -2.40. The molecule has 0 aliphatic rings. The smallest absolute Gasteiger partial charge is 0.127 e. The van der Waals surface area contributed by atoms with Crippen molar-refractivity contribution < 1.29 is 22.4 Å². The molecule has 0 heterocycles. The Bertz CT molecular complexity index is 1050. The Morgan fingerprint density at radius 3 is 1.75 bits per heavy atom. The molecule has 3 rings (SSSR count). The molecule has 0 aromatic heterocycles. The molecular formula is C21H20O5PS-. The van der Waals surface area contributed by atoms with Gasteiger partial charge in [-0.15, -0.1) is 0 Å². The van der Waals surface area contributed by atoms with Crippen LogP contribution < -0.4 is 25.4 Å². The summed E-state index contributed by atoms with van der Waals surface area (Å²) in [6.07, 6.45) is 0. The number of ether oxygens (including phenoxy) is 2. The number of hydrogen-bond acceptors (Lipinski definition) is 5. The van der Waals surface area contributed by atoms with Gasteiger partial charge in [-0.2, -0.15) is 0 Å². The first-order valence-corrected chi connectivity index (χ1v) is 11.2. The Balaban J connectivity index is 2.41. The molecule has 0 atom stereocenters. The van der Waals surface area contributed by atoms with E-state index in [2.05, 4.69) is 0 Å². The minimum absolute atomic E-state index is 0.221. The van der Waals surface area contributed by atoms with Crippen molar-refractivity contribution in [1.82, 2.24) is 0 Å². The van der Waals surface area contributed by atoms with Gasteiger partial charge >= 0.3 is 0 Å². The van der Waals surface area contributed by atoms with Crippen LogP contribution in [-0.4, -0.2) is 27.2 Å². The van der Waals surface area contributed by atoms with Gasteiger partial charge in [0.2, 0.25) is 0 Å². The van der Waals surface area contributed by atoms with E-state index in [0.29, 0.717) is 16.8 Å². The predicted octanol–water partition coefficient (Wildman–Crippen LogP) is 2.67. The first-order valence-electron chi connectivity index (χ1n) is 8.49. The van der Waals surface area contributed by atoms with E-state index in [1.54, 1.807) is 26.4 Å². The van der Waals surface area contributed by atoms with Gasteiger partial charge in [-0.1, -0.05) is 48.0 Å². The second kappa shape index (κ2) is 8.31. The fourth-order valence-corrected chi connectivity index (χ4v) is 6.84. The molecule has 0 bridgehead atoms. The number of rotatable bonds is 6. The Morgan fingerprint density at radius 2 is 1.29 bits per heavy atom. The van der Waals surface area contributed by atoms with Gasteiger partial charge in [0, 0.05) is 15.9 Å². The topological polar surface area (TPSA) is 75.7 Å². The van der Waals surface area contributed by atoms with E-state index >= 15 is 0 Å². The lowest BCUT2D eigenvalue weighted by Crippen LogP contribution is -2.27. The maximum atomic E-state index is 12.0. The van der Waals surface area contributed by atoms with Crippen LogP contribution in [0.25, 0.3) is 0 Å². The second-order valence-electron chi connectivity index (χ2n) is 6.10. The molecule has 28 heavy (non-hydrogen) atoms. The molecule has 0 saturated heterocycles. The molecule has 0 spiro atoms. The van der Waals surface area contributed by atoms with Gasteiger partial charge in [0.25, 0.3) is 0 Å². The molecule has 0 N–H and O–H groups in total. The summed E-state index contributed by atoms with van der Waals surface area (Å²) in [4.78, 5) is -0.221. The lowest BCUT2D eigenvalue weighted by molar-refractivity contribution is 0.417. The summed E-state index contributed by atoms with van der Waals surface area (Å²) in [5.41, 5.74) is 0.861.